The average molecular weight is 429 g/mol. The van der Waals surface area contributed by atoms with Crippen LogP contribution in [0.4, 0.5) is 21.3 Å². The molecule has 150 valence electrons. The summed E-state index contributed by atoms with van der Waals surface area (Å²) < 4.78 is 0. The minimum atomic E-state index is -0.402. The molecule has 3 amide bonds. The number of aryl methyl sites for hydroxylation is 2. The number of amides is 3. The van der Waals surface area contributed by atoms with Gasteiger partial charge >= 0.3 is 6.03 Å². The zero-order chi connectivity index (χ0) is 20.8. The molecule has 3 rings (SSSR count). The highest BCUT2D eigenvalue weighted by molar-refractivity contribution is 7.13. The maximum Gasteiger partial charge on any atom is 0.325 e. The molecule has 2 aromatic carbocycles. The summed E-state index contributed by atoms with van der Waals surface area (Å²) in [5.41, 5.74) is 4.37. The van der Waals surface area contributed by atoms with E-state index in [0.29, 0.717) is 28.7 Å². The molecule has 6 nitrogen and oxygen atoms in total. The fraction of sp³-hybridized carbons (Fsp3) is 0.190. The van der Waals surface area contributed by atoms with Gasteiger partial charge < -0.3 is 10.6 Å². The lowest BCUT2D eigenvalue weighted by molar-refractivity contribution is -0.116. The number of carbonyl (C=O) groups is 2. The van der Waals surface area contributed by atoms with E-state index >= 15 is 0 Å². The van der Waals surface area contributed by atoms with E-state index in [9.17, 15) is 9.59 Å². The molecule has 0 aliphatic rings. The molecular formula is C21H21ClN4O2S. The molecule has 0 aliphatic carbocycles. The first-order valence-corrected chi connectivity index (χ1v) is 10.3. The van der Waals surface area contributed by atoms with Crippen LogP contribution in [0.1, 0.15) is 23.2 Å². The minimum Gasteiger partial charge on any atom is -0.326 e. The number of nitrogens with one attached hydrogen (secondary N) is 3. The molecule has 0 radical (unpaired) electrons. The number of benzene rings is 2. The predicted molar refractivity (Wildman–Crippen MR) is 119 cm³/mol. The molecule has 0 bridgehead atoms. The molecule has 1 heterocycles. The molecule has 29 heavy (non-hydrogen) atoms. The molecule has 0 aliphatic heterocycles. The molecule has 0 atom stereocenters. The minimum absolute atomic E-state index is 0.0695. The number of anilines is 3. The van der Waals surface area contributed by atoms with Gasteiger partial charge in [0, 0.05) is 28.2 Å². The lowest BCUT2D eigenvalue weighted by atomic mass is 10.1. The zero-order valence-corrected chi connectivity index (χ0v) is 17.7. The van der Waals surface area contributed by atoms with Gasteiger partial charge in [-0.2, -0.15) is 0 Å². The van der Waals surface area contributed by atoms with Crippen molar-refractivity contribution in [3.8, 4) is 0 Å². The quantitative estimate of drug-likeness (QED) is 0.475. The molecule has 0 unspecified atom stereocenters. The number of carbonyl (C=O) groups excluding carboxylic acids is 2. The summed E-state index contributed by atoms with van der Waals surface area (Å²) in [7, 11) is 0. The van der Waals surface area contributed by atoms with Crippen molar-refractivity contribution in [1.29, 1.82) is 0 Å². The summed E-state index contributed by atoms with van der Waals surface area (Å²) in [5, 5.41) is 11.2. The third-order valence-electron chi connectivity index (χ3n) is 4.34. The monoisotopic (exact) mass is 428 g/mol. The zero-order valence-electron chi connectivity index (χ0n) is 16.1. The maximum absolute atomic E-state index is 12.2. The number of rotatable bonds is 6. The largest absolute Gasteiger partial charge is 0.326 e. The molecular weight excluding hydrogens is 408 g/mol. The second-order valence-corrected chi connectivity index (χ2v) is 7.82. The van der Waals surface area contributed by atoms with Gasteiger partial charge in [0.05, 0.1) is 5.69 Å². The molecule has 0 spiro atoms. The van der Waals surface area contributed by atoms with Crippen LogP contribution in [0, 0.1) is 13.8 Å². The topological polar surface area (TPSA) is 83.1 Å². The Morgan fingerprint density at radius 3 is 2.66 bits per heavy atom. The van der Waals surface area contributed by atoms with Gasteiger partial charge in [-0.15, -0.1) is 11.3 Å². The van der Waals surface area contributed by atoms with Gasteiger partial charge in [-0.1, -0.05) is 29.8 Å². The van der Waals surface area contributed by atoms with Gasteiger partial charge in [0.15, 0.2) is 5.13 Å². The van der Waals surface area contributed by atoms with Crippen molar-refractivity contribution in [3.63, 3.8) is 0 Å². The van der Waals surface area contributed by atoms with Crippen molar-refractivity contribution >= 4 is 51.4 Å². The van der Waals surface area contributed by atoms with Gasteiger partial charge in [-0.25, -0.2) is 9.78 Å². The Morgan fingerprint density at radius 2 is 1.86 bits per heavy atom. The van der Waals surface area contributed by atoms with Crippen LogP contribution in [0.15, 0.2) is 47.8 Å². The van der Waals surface area contributed by atoms with Crippen molar-refractivity contribution in [2.75, 3.05) is 16.0 Å². The lowest BCUT2D eigenvalue weighted by Gasteiger charge is -2.09. The summed E-state index contributed by atoms with van der Waals surface area (Å²) in [6.45, 7) is 4.00. The average Bonchev–Trinajstić information content (AvgIpc) is 3.11. The highest BCUT2D eigenvalue weighted by Crippen LogP contribution is 2.20. The first-order valence-electron chi connectivity index (χ1n) is 9.05. The van der Waals surface area contributed by atoms with Gasteiger partial charge in [0.1, 0.15) is 0 Å². The van der Waals surface area contributed by atoms with Crippen LogP contribution in [-0.2, 0) is 11.2 Å². The van der Waals surface area contributed by atoms with E-state index in [2.05, 4.69) is 20.9 Å². The molecule has 0 saturated carbocycles. The molecule has 1 aromatic heterocycles. The number of halogens is 1. The molecule has 0 fully saturated rings. The number of nitrogens with zero attached hydrogens (tertiary/aromatic N) is 1. The summed E-state index contributed by atoms with van der Waals surface area (Å²) in [4.78, 5) is 28.7. The van der Waals surface area contributed by atoms with Crippen LogP contribution in [0.2, 0.25) is 5.02 Å². The Bertz CT molecular complexity index is 1040. The summed E-state index contributed by atoms with van der Waals surface area (Å²) in [6, 6.07) is 12.3. The SMILES string of the molecule is Cc1cccc(NC(=O)CCc2csc(NC(=O)Nc3cccc(Cl)c3)n2)c1C. The maximum atomic E-state index is 12.2. The van der Waals surface area contributed by atoms with E-state index in [1.807, 2.05) is 37.4 Å². The number of hydrogen-bond acceptors (Lipinski definition) is 4. The second kappa shape index (κ2) is 9.54. The lowest BCUT2D eigenvalue weighted by Crippen LogP contribution is -2.19. The number of thiazole rings is 1. The third-order valence-corrected chi connectivity index (χ3v) is 5.38. The summed E-state index contributed by atoms with van der Waals surface area (Å²) in [5.74, 6) is -0.0695. The van der Waals surface area contributed by atoms with Crippen molar-refractivity contribution in [2.45, 2.75) is 26.7 Å². The highest BCUT2D eigenvalue weighted by atomic mass is 35.5. The van der Waals surface area contributed by atoms with E-state index in [1.54, 1.807) is 24.3 Å². The Labute approximate surface area is 178 Å². The molecule has 3 aromatic rings. The van der Waals surface area contributed by atoms with Gasteiger partial charge in [-0.05, 0) is 55.7 Å². The van der Waals surface area contributed by atoms with Crippen molar-refractivity contribution in [2.24, 2.45) is 0 Å². The second-order valence-electron chi connectivity index (χ2n) is 6.53. The first kappa shape index (κ1) is 20.8. The molecule has 3 N–H and O–H groups in total. The van der Waals surface area contributed by atoms with E-state index in [-0.39, 0.29) is 5.91 Å². The van der Waals surface area contributed by atoms with Crippen LogP contribution >= 0.6 is 22.9 Å². The van der Waals surface area contributed by atoms with Crippen LogP contribution in [0.5, 0.6) is 0 Å². The fourth-order valence-electron chi connectivity index (χ4n) is 2.65. The van der Waals surface area contributed by atoms with E-state index < -0.39 is 6.03 Å². The Hall–Kier alpha value is -2.90. The van der Waals surface area contributed by atoms with Crippen LogP contribution in [-0.4, -0.2) is 16.9 Å². The predicted octanol–water partition coefficient (Wildman–Crippen LogP) is 5.63. The number of urea groups is 1. The smallest absolute Gasteiger partial charge is 0.325 e. The number of aromatic nitrogens is 1. The van der Waals surface area contributed by atoms with E-state index in [4.69, 9.17) is 11.6 Å². The number of hydrogen-bond donors (Lipinski definition) is 3. The van der Waals surface area contributed by atoms with Crippen LogP contribution in [0.25, 0.3) is 0 Å². The normalized spacial score (nSPS) is 10.4. The van der Waals surface area contributed by atoms with E-state index in [0.717, 1.165) is 22.5 Å². The van der Waals surface area contributed by atoms with Gasteiger partial charge in [0.2, 0.25) is 5.91 Å². The van der Waals surface area contributed by atoms with Crippen LogP contribution in [0.3, 0.4) is 0 Å². The fourth-order valence-corrected chi connectivity index (χ4v) is 3.58. The van der Waals surface area contributed by atoms with Crippen molar-refractivity contribution in [1.82, 2.24) is 4.98 Å². The molecule has 8 heteroatoms. The highest BCUT2D eigenvalue weighted by Gasteiger charge is 2.10. The van der Waals surface area contributed by atoms with Crippen molar-refractivity contribution in [3.05, 3.63) is 69.7 Å². The molecule has 0 saturated heterocycles. The van der Waals surface area contributed by atoms with Gasteiger partial charge in [-0.3, -0.25) is 10.1 Å². The van der Waals surface area contributed by atoms with Crippen LogP contribution < -0.4 is 16.0 Å². The summed E-state index contributed by atoms with van der Waals surface area (Å²) in [6.07, 6.45) is 0.802. The Balaban J connectivity index is 1.49. The Kier molecular flexibility index (Phi) is 6.85. The van der Waals surface area contributed by atoms with E-state index in [1.165, 1.54) is 11.3 Å². The van der Waals surface area contributed by atoms with Crippen molar-refractivity contribution < 1.29 is 9.59 Å². The van der Waals surface area contributed by atoms with Gasteiger partial charge in [0.25, 0.3) is 0 Å². The summed E-state index contributed by atoms with van der Waals surface area (Å²) >= 11 is 7.22. The standard InChI is InChI=1S/C21H21ClN4O2S/c1-13-5-3-8-18(14(13)2)25-19(27)10-9-17-12-29-21(24-17)26-20(28)23-16-7-4-6-15(22)11-16/h3-8,11-12H,9-10H2,1-2H3,(H,25,27)(H2,23,24,26,28). The first-order chi connectivity index (χ1) is 13.9. The third kappa shape index (κ3) is 6.04. The Morgan fingerprint density at radius 1 is 1.07 bits per heavy atom.